The Bertz CT molecular complexity index is 1620. The quantitative estimate of drug-likeness (QED) is 0.164. The van der Waals surface area contributed by atoms with Gasteiger partial charge in [-0.2, -0.15) is 0 Å². The minimum Gasteiger partial charge on any atom is -0.508 e. The number of rotatable bonds is 6. The number of ether oxygens (including phenoxy) is 4. The molecular formula is C36H40O8S2. The molecular weight excluding hydrogens is 625 g/mol. The zero-order valence-corrected chi connectivity index (χ0v) is 27.6. The summed E-state index contributed by atoms with van der Waals surface area (Å²) in [6.07, 6.45) is 8.00. The van der Waals surface area contributed by atoms with E-state index >= 15 is 0 Å². The first-order chi connectivity index (χ1) is 22.4. The first-order valence-electron chi connectivity index (χ1n) is 15.9. The predicted octanol–water partition coefficient (Wildman–Crippen LogP) is 6.88. The Kier molecular flexibility index (Phi) is 8.98. The molecule has 7 rings (SSSR count). The molecule has 0 saturated heterocycles. The van der Waals surface area contributed by atoms with Crippen LogP contribution in [0, 0.1) is 5.92 Å². The van der Waals surface area contributed by atoms with E-state index in [9.17, 15) is 20.4 Å². The van der Waals surface area contributed by atoms with Crippen LogP contribution in [0.25, 0.3) is 11.1 Å². The van der Waals surface area contributed by atoms with Gasteiger partial charge in [-0.15, -0.1) is 0 Å². The van der Waals surface area contributed by atoms with Crippen LogP contribution in [0.2, 0.25) is 0 Å². The number of hydrogen-bond donors (Lipinski definition) is 4. The summed E-state index contributed by atoms with van der Waals surface area (Å²) in [5, 5.41) is 43.6. The Morgan fingerprint density at radius 3 is 2.57 bits per heavy atom. The Labute approximate surface area is 277 Å². The highest BCUT2D eigenvalue weighted by Crippen LogP contribution is 2.57. The van der Waals surface area contributed by atoms with Crippen molar-refractivity contribution in [3.8, 4) is 45.6 Å². The zero-order chi connectivity index (χ0) is 31.9. The van der Waals surface area contributed by atoms with Gasteiger partial charge in [-0.3, -0.25) is 0 Å². The maximum atomic E-state index is 12.2. The van der Waals surface area contributed by atoms with Crippen molar-refractivity contribution in [2.75, 3.05) is 33.2 Å². The fraction of sp³-hybridized carbons (Fsp3) is 0.444. The Hall–Kier alpha value is -3.18. The summed E-state index contributed by atoms with van der Waals surface area (Å²) in [5.74, 6) is 3.00. The smallest absolute Gasteiger partial charge is 0.200 e. The Morgan fingerprint density at radius 2 is 1.80 bits per heavy atom. The standard InChI is InChI=1S/C36H40O8S2/c1-41-30-14-21(15-31(42-2)35(30)40)36-34(39)27-18-45-46-23-5-3-4-19(12-23)6-7-20-13-26-32(24-9-8-22(38)16-25(20)24)28(43-11-10-37)17-29(44-36)33(26)27/h3,5,8-9,14-17,19-20,23,27,34,36-40H,4,6-7,10-13,18H2,1-2H3. The lowest BCUT2D eigenvalue weighted by Crippen LogP contribution is -2.37. The zero-order valence-electron chi connectivity index (χ0n) is 26.0. The third kappa shape index (κ3) is 5.67. The van der Waals surface area contributed by atoms with E-state index < -0.39 is 12.2 Å². The van der Waals surface area contributed by atoms with Crippen molar-refractivity contribution in [3.63, 3.8) is 0 Å². The number of allylic oxidation sites excluding steroid dienone is 1. The largest absolute Gasteiger partial charge is 0.508 e. The van der Waals surface area contributed by atoms with E-state index in [4.69, 9.17) is 18.9 Å². The van der Waals surface area contributed by atoms with E-state index in [1.807, 2.05) is 29.0 Å². The van der Waals surface area contributed by atoms with Gasteiger partial charge in [0, 0.05) is 39.7 Å². The van der Waals surface area contributed by atoms with E-state index in [0.717, 1.165) is 59.9 Å². The molecule has 2 heterocycles. The lowest BCUT2D eigenvalue weighted by atomic mass is 9.71. The summed E-state index contributed by atoms with van der Waals surface area (Å²) in [7, 11) is 6.63. The van der Waals surface area contributed by atoms with Gasteiger partial charge in [0.05, 0.1) is 20.8 Å². The van der Waals surface area contributed by atoms with Gasteiger partial charge in [0.2, 0.25) is 5.75 Å². The number of benzene rings is 3. The minimum atomic E-state index is -0.910. The molecule has 8 nitrogen and oxygen atoms in total. The van der Waals surface area contributed by atoms with Crippen LogP contribution in [-0.4, -0.2) is 65.0 Å². The van der Waals surface area contributed by atoms with Gasteiger partial charge in [0.15, 0.2) is 17.6 Å². The monoisotopic (exact) mass is 664 g/mol. The number of methoxy groups -OCH3 is 2. The van der Waals surface area contributed by atoms with Crippen molar-refractivity contribution in [1.82, 2.24) is 0 Å². The summed E-state index contributed by atoms with van der Waals surface area (Å²) in [4.78, 5) is 0. The van der Waals surface area contributed by atoms with Crippen LogP contribution >= 0.6 is 21.6 Å². The summed E-state index contributed by atoms with van der Waals surface area (Å²) in [6.45, 7) is -0.0221. The lowest BCUT2D eigenvalue weighted by molar-refractivity contribution is 0.00415. The Balaban J connectivity index is 1.42. The molecule has 0 spiro atoms. The van der Waals surface area contributed by atoms with Crippen molar-refractivity contribution in [3.05, 3.63) is 70.8 Å². The van der Waals surface area contributed by atoms with Crippen LogP contribution in [0.15, 0.2) is 48.6 Å². The molecule has 0 radical (unpaired) electrons. The van der Waals surface area contributed by atoms with E-state index in [2.05, 4.69) is 12.2 Å². The molecule has 0 saturated carbocycles. The number of hydrogen-bond acceptors (Lipinski definition) is 10. The molecule has 2 aliphatic heterocycles. The third-order valence-corrected chi connectivity index (χ3v) is 12.7. The van der Waals surface area contributed by atoms with Crippen molar-refractivity contribution < 1.29 is 39.4 Å². The van der Waals surface area contributed by atoms with Crippen LogP contribution in [0.3, 0.4) is 0 Å². The molecule has 4 N–H and O–H groups in total. The number of phenols is 2. The second-order valence-corrected chi connectivity index (χ2v) is 15.2. The highest BCUT2D eigenvalue weighted by Gasteiger charge is 2.44. The summed E-state index contributed by atoms with van der Waals surface area (Å²) < 4.78 is 23.8. The van der Waals surface area contributed by atoms with Crippen LogP contribution < -0.4 is 18.9 Å². The number of aromatic hydroxyl groups is 2. The molecule has 46 heavy (non-hydrogen) atoms. The molecule has 3 aromatic carbocycles. The number of aliphatic hydroxyl groups is 2. The third-order valence-electron chi connectivity index (χ3n) is 9.87. The molecule has 4 bridgehead atoms. The number of aliphatic hydroxyl groups excluding tert-OH is 2. The minimum absolute atomic E-state index is 0.114. The molecule has 3 aromatic rings. The van der Waals surface area contributed by atoms with Crippen LogP contribution in [0.1, 0.15) is 65.9 Å². The second kappa shape index (κ2) is 13.1. The van der Waals surface area contributed by atoms with E-state index in [1.54, 1.807) is 29.0 Å². The van der Waals surface area contributed by atoms with Crippen molar-refractivity contribution in [2.45, 2.75) is 61.4 Å². The first kappa shape index (κ1) is 31.4. The van der Waals surface area contributed by atoms with Gasteiger partial charge in [-0.1, -0.05) is 39.8 Å². The number of fused-ring (bicyclic) bond motifs is 6. The second-order valence-electron chi connectivity index (χ2n) is 12.6. The van der Waals surface area contributed by atoms with Gasteiger partial charge in [0.1, 0.15) is 30.0 Å². The Morgan fingerprint density at radius 1 is 1.00 bits per heavy atom. The van der Waals surface area contributed by atoms with E-state index in [-0.39, 0.29) is 48.0 Å². The summed E-state index contributed by atoms with van der Waals surface area (Å²) >= 11 is 0. The van der Waals surface area contributed by atoms with Crippen LogP contribution in [-0.2, 0) is 6.42 Å². The molecule has 0 aromatic heterocycles. The fourth-order valence-electron chi connectivity index (χ4n) is 7.69. The van der Waals surface area contributed by atoms with Gasteiger partial charge in [0.25, 0.3) is 0 Å². The average Bonchev–Trinajstić information content (AvgIpc) is 3.07. The summed E-state index contributed by atoms with van der Waals surface area (Å²) in [5.41, 5.74) is 5.78. The van der Waals surface area contributed by atoms with Gasteiger partial charge < -0.3 is 39.4 Å². The molecule has 4 aliphatic rings. The number of phenolic OH excluding ortho intramolecular Hbond substituents is 2. The highest BCUT2D eigenvalue weighted by atomic mass is 33.1. The van der Waals surface area contributed by atoms with E-state index in [1.165, 1.54) is 14.2 Å². The maximum absolute atomic E-state index is 12.2. The van der Waals surface area contributed by atoms with Crippen molar-refractivity contribution in [2.24, 2.45) is 5.92 Å². The van der Waals surface area contributed by atoms with Gasteiger partial charge in [-0.25, -0.2) is 0 Å². The van der Waals surface area contributed by atoms with Gasteiger partial charge in [-0.05, 0) is 84.9 Å². The van der Waals surface area contributed by atoms with Gasteiger partial charge >= 0.3 is 0 Å². The molecule has 0 fully saturated rings. The SMILES string of the molecule is COc1cc(C2Oc3cc(OCCO)c4c5c3C(CSSC3C=CCC(CCC(C5)c5cc(O)ccc5-4)C3)C2O)cc(OC)c1O. The topological polar surface area (TPSA) is 118 Å². The predicted molar refractivity (Wildman–Crippen MR) is 181 cm³/mol. The average molecular weight is 665 g/mol. The first-order valence-corrected chi connectivity index (χ1v) is 18.3. The molecule has 10 heteroatoms. The molecule has 244 valence electrons. The normalized spacial score (nSPS) is 26.4. The molecule has 0 amide bonds. The summed E-state index contributed by atoms with van der Waals surface area (Å²) in [6, 6.07) is 10.9. The molecule has 6 atom stereocenters. The van der Waals surface area contributed by atoms with Crippen molar-refractivity contribution in [1.29, 1.82) is 0 Å². The maximum Gasteiger partial charge on any atom is 0.200 e. The van der Waals surface area contributed by atoms with E-state index in [0.29, 0.717) is 34.0 Å². The lowest BCUT2D eigenvalue weighted by Gasteiger charge is -2.41. The molecule has 6 unspecified atom stereocenters. The van der Waals surface area contributed by atoms with Crippen molar-refractivity contribution >= 4 is 21.6 Å². The fourth-order valence-corrected chi connectivity index (χ4v) is 10.6. The molecule has 2 aliphatic carbocycles. The highest BCUT2D eigenvalue weighted by molar-refractivity contribution is 8.77. The van der Waals surface area contributed by atoms with Crippen LogP contribution in [0.5, 0.6) is 34.5 Å². The van der Waals surface area contributed by atoms with Crippen LogP contribution in [0.4, 0.5) is 0 Å².